The van der Waals surface area contributed by atoms with Crippen LogP contribution in [0.25, 0.3) is 0 Å². The van der Waals surface area contributed by atoms with Crippen molar-refractivity contribution >= 4 is 17.5 Å². The lowest BCUT2D eigenvalue weighted by Crippen LogP contribution is -3.00. The Bertz CT molecular complexity index is 1210. The molecule has 0 fully saturated rings. The zero-order chi connectivity index (χ0) is 31.2. The molecule has 45 heavy (non-hydrogen) atoms. The van der Waals surface area contributed by atoms with Gasteiger partial charge in [-0.15, -0.1) is 0 Å². The highest BCUT2D eigenvalue weighted by molar-refractivity contribution is 6.32. The molecule has 0 saturated heterocycles. The molecule has 0 atom stereocenters. The predicted molar refractivity (Wildman–Crippen MR) is 184 cm³/mol. The fraction of sp³-hybridized carbons (Fsp3) is 0.538. The number of benzene rings is 2. The number of hydrogen-bond donors (Lipinski definition) is 0. The number of nitrogens with zero attached hydrogens (tertiary/aromatic N) is 2. The van der Waals surface area contributed by atoms with E-state index in [2.05, 4.69) is 42.9 Å². The molecule has 0 aliphatic rings. The maximum Gasteiger partial charge on any atom is 0.254 e. The minimum Gasteiger partial charge on any atom is -1.00 e. The number of aromatic nitrogens is 1. The lowest BCUT2D eigenvalue weighted by atomic mass is 10.0. The van der Waals surface area contributed by atoms with Crippen LogP contribution in [0.1, 0.15) is 132 Å². The Kier molecular flexibility index (Phi) is 20.9. The van der Waals surface area contributed by atoms with E-state index in [9.17, 15) is 4.79 Å². The van der Waals surface area contributed by atoms with Crippen molar-refractivity contribution in [1.82, 2.24) is 4.90 Å². The van der Waals surface area contributed by atoms with Gasteiger partial charge in [-0.3, -0.25) is 4.79 Å². The topological polar surface area (TPSA) is 33.4 Å². The number of carbonyl (C=O) groups excluding carboxylic acids is 1. The molecule has 0 aliphatic heterocycles. The molecular weight excluding hydrogens is 691 g/mol. The minimum atomic E-state index is 0. The molecule has 248 valence electrons. The first-order valence-electron chi connectivity index (χ1n) is 17.3. The van der Waals surface area contributed by atoms with Crippen LogP contribution in [-0.2, 0) is 19.6 Å². The van der Waals surface area contributed by atoms with E-state index in [0.29, 0.717) is 30.3 Å². The molecular formula is C39H56ClIN2O2. The van der Waals surface area contributed by atoms with Gasteiger partial charge in [-0.05, 0) is 42.3 Å². The highest BCUT2D eigenvalue weighted by atomic mass is 127. The summed E-state index contributed by atoms with van der Waals surface area (Å²) in [5.41, 5.74) is 2.77. The third-order valence-corrected chi connectivity index (χ3v) is 8.50. The van der Waals surface area contributed by atoms with Crippen molar-refractivity contribution in [1.29, 1.82) is 0 Å². The lowest BCUT2D eigenvalue weighted by Gasteiger charge is -2.23. The molecule has 2 aromatic carbocycles. The predicted octanol–water partition coefficient (Wildman–Crippen LogP) is 7.74. The van der Waals surface area contributed by atoms with Crippen molar-refractivity contribution in [2.45, 2.75) is 130 Å². The Labute approximate surface area is 295 Å². The van der Waals surface area contributed by atoms with Crippen LogP contribution in [0.2, 0.25) is 5.02 Å². The number of rotatable bonds is 23. The van der Waals surface area contributed by atoms with E-state index in [1.165, 1.54) is 83.5 Å². The maximum atomic E-state index is 13.5. The first kappa shape index (κ1) is 39.1. The molecule has 4 nitrogen and oxygen atoms in total. The van der Waals surface area contributed by atoms with Gasteiger partial charge in [0, 0.05) is 30.2 Å². The Morgan fingerprint density at radius 3 is 1.91 bits per heavy atom. The summed E-state index contributed by atoms with van der Waals surface area (Å²) in [6, 6.07) is 19.5. The zero-order valence-electron chi connectivity index (χ0n) is 27.8. The van der Waals surface area contributed by atoms with Gasteiger partial charge in [0.1, 0.15) is 12.3 Å². The molecule has 0 radical (unpaired) electrons. The first-order chi connectivity index (χ1) is 21.6. The molecule has 0 bridgehead atoms. The standard InChI is InChI=1S/C39H56ClN2O2.HI/c1-3-5-6-7-8-9-10-11-12-13-14-15-16-20-29-44-38-26-25-34(30-37(38)40)32-42(39(43)36-23-18-17-19-24-36)33-35-22-21-28-41(31-35)27-4-2;/h17-19,21-26,28,30-31H,3-16,20,27,29,32-33H2,1-2H3;1H/q+1;/p-1. The third-order valence-electron chi connectivity index (χ3n) is 8.21. The van der Waals surface area contributed by atoms with Crippen LogP contribution < -0.4 is 33.3 Å². The van der Waals surface area contributed by atoms with Crippen LogP contribution in [0.15, 0.2) is 73.1 Å². The third kappa shape index (κ3) is 15.8. The van der Waals surface area contributed by atoms with Crippen LogP contribution in [-0.4, -0.2) is 17.4 Å². The summed E-state index contributed by atoms with van der Waals surface area (Å²) in [7, 11) is 0. The van der Waals surface area contributed by atoms with Crippen LogP contribution in [0.5, 0.6) is 5.75 Å². The van der Waals surface area contributed by atoms with E-state index in [4.69, 9.17) is 16.3 Å². The largest absolute Gasteiger partial charge is 1.00 e. The molecule has 1 aromatic heterocycles. The summed E-state index contributed by atoms with van der Waals surface area (Å²) in [6.07, 6.45) is 24.1. The van der Waals surface area contributed by atoms with E-state index in [1.54, 1.807) is 0 Å². The molecule has 6 heteroatoms. The number of hydrogen-bond acceptors (Lipinski definition) is 2. The van der Waals surface area contributed by atoms with Gasteiger partial charge >= 0.3 is 0 Å². The van der Waals surface area contributed by atoms with Crippen molar-refractivity contribution in [3.05, 3.63) is 94.8 Å². The second kappa shape index (κ2) is 24.1. The van der Waals surface area contributed by atoms with E-state index in [-0.39, 0.29) is 29.9 Å². The van der Waals surface area contributed by atoms with Gasteiger partial charge in [0.2, 0.25) is 0 Å². The Morgan fingerprint density at radius 1 is 0.711 bits per heavy atom. The number of carbonyl (C=O) groups is 1. The van der Waals surface area contributed by atoms with Gasteiger partial charge in [-0.25, -0.2) is 4.57 Å². The van der Waals surface area contributed by atoms with Crippen molar-refractivity contribution in [2.24, 2.45) is 0 Å². The molecule has 1 heterocycles. The number of amides is 1. The number of pyridine rings is 1. The molecule has 3 aromatic rings. The first-order valence-corrected chi connectivity index (χ1v) is 17.7. The van der Waals surface area contributed by atoms with Gasteiger partial charge in [0.05, 0.1) is 18.2 Å². The van der Waals surface area contributed by atoms with Crippen molar-refractivity contribution < 1.29 is 38.1 Å². The second-order valence-electron chi connectivity index (χ2n) is 12.2. The quantitative estimate of drug-likeness (QED) is 0.0566. The number of unbranched alkanes of at least 4 members (excludes halogenated alkanes) is 13. The number of aryl methyl sites for hydroxylation is 1. The highest BCUT2D eigenvalue weighted by Crippen LogP contribution is 2.27. The molecule has 0 N–H and O–H groups in total. The Morgan fingerprint density at radius 2 is 1.31 bits per heavy atom. The molecule has 1 amide bonds. The minimum absolute atomic E-state index is 0. The average Bonchev–Trinajstić information content (AvgIpc) is 3.04. The summed E-state index contributed by atoms with van der Waals surface area (Å²) >= 11 is 6.66. The van der Waals surface area contributed by atoms with Gasteiger partial charge in [0.25, 0.3) is 5.91 Å². The van der Waals surface area contributed by atoms with Gasteiger partial charge in [-0.1, -0.05) is 133 Å². The smallest absolute Gasteiger partial charge is 0.254 e. The van der Waals surface area contributed by atoms with Crippen molar-refractivity contribution in [3.63, 3.8) is 0 Å². The second-order valence-corrected chi connectivity index (χ2v) is 12.6. The van der Waals surface area contributed by atoms with E-state index < -0.39 is 0 Å². The lowest BCUT2D eigenvalue weighted by molar-refractivity contribution is -0.697. The fourth-order valence-corrected chi connectivity index (χ4v) is 5.97. The van der Waals surface area contributed by atoms with Crippen molar-refractivity contribution in [3.8, 4) is 5.75 Å². The van der Waals surface area contributed by atoms with E-state index >= 15 is 0 Å². The van der Waals surface area contributed by atoms with Gasteiger partial charge in [-0.2, -0.15) is 0 Å². The van der Waals surface area contributed by atoms with Crippen LogP contribution in [0, 0.1) is 0 Å². The monoisotopic (exact) mass is 746 g/mol. The number of halogens is 2. The van der Waals surface area contributed by atoms with Gasteiger partial charge in [0.15, 0.2) is 12.4 Å². The van der Waals surface area contributed by atoms with E-state index in [0.717, 1.165) is 36.3 Å². The van der Waals surface area contributed by atoms with E-state index in [1.807, 2.05) is 53.4 Å². The summed E-state index contributed by atoms with van der Waals surface area (Å²) in [5, 5.41) is 0.598. The highest BCUT2D eigenvalue weighted by Gasteiger charge is 2.18. The normalized spacial score (nSPS) is 10.8. The SMILES string of the molecule is CCCCCCCCCCCCCCCCOc1ccc(CN(Cc2ccc[n+](CCC)c2)C(=O)c2ccccc2)cc1Cl.[I-]. The molecule has 0 aliphatic carbocycles. The summed E-state index contributed by atoms with van der Waals surface area (Å²) in [5.74, 6) is 0.723. The molecule has 0 spiro atoms. The summed E-state index contributed by atoms with van der Waals surface area (Å²) in [6.45, 7) is 7.08. The van der Waals surface area contributed by atoms with Crippen LogP contribution in [0.4, 0.5) is 0 Å². The molecule has 3 rings (SSSR count). The zero-order valence-corrected chi connectivity index (χ0v) is 30.7. The summed E-state index contributed by atoms with van der Waals surface area (Å²) < 4.78 is 8.22. The Balaban J connectivity index is 0.00000705. The average molecular weight is 747 g/mol. The maximum absolute atomic E-state index is 13.5. The van der Waals surface area contributed by atoms with Crippen LogP contribution in [0.3, 0.4) is 0 Å². The summed E-state index contributed by atoms with van der Waals surface area (Å²) in [4.78, 5) is 15.4. The van der Waals surface area contributed by atoms with Crippen molar-refractivity contribution in [2.75, 3.05) is 6.61 Å². The molecule has 0 unspecified atom stereocenters. The molecule has 0 saturated carbocycles. The number of ether oxygens (including phenoxy) is 1. The Hall–Kier alpha value is -2.12. The van der Waals surface area contributed by atoms with Crippen LogP contribution >= 0.6 is 11.6 Å². The fourth-order valence-electron chi connectivity index (χ4n) is 5.71. The van der Waals surface area contributed by atoms with Gasteiger partial charge < -0.3 is 33.6 Å².